The topological polar surface area (TPSA) is 24.9 Å². The SMILES string of the molecule is CCCCCCCNCc1cccc2cccnc12. The first kappa shape index (κ1) is 14.0. The van der Waals surface area contributed by atoms with Crippen LogP contribution in [0.4, 0.5) is 0 Å². The summed E-state index contributed by atoms with van der Waals surface area (Å²) in [6.45, 7) is 4.28. The van der Waals surface area contributed by atoms with E-state index in [-0.39, 0.29) is 0 Å². The Bertz CT molecular complexity index is 488. The molecule has 0 unspecified atom stereocenters. The number of benzene rings is 1. The van der Waals surface area contributed by atoms with Crippen molar-refractivity contribution < 1.29 is 0 Å². The molecule has 0 radical (unpaired) electrons. The molecule has 2 nitrogen and oxygen atoms in total. The van der Waals surface area contributed by atoms with Crippen LogP contribution in [0.5, 0.6) is 0 Å². The second kappa shape index (κ2) is 7.90. The van der Waals surface area contributed by atoms with Gasteiger partial charge >= 0.3 is 0 Å². The molecule has 0 spiro atoms. The maximum atomic E-state index is 4.48. The van der Waals surface area contributed by atoms with Crippen molar-refractivity contribution in [1.29, 1.82) is 0 Å². The Labute approximate surface area is 116 Å². The van der Waals surface area contributed by atoms with E-state index in [9.17, 15) is 0 Å². The van der Waals surface area contributed by atoms with Gasteiger partial charge in [-0.05, 0) is 24.6 Å². The van der Waals surface area contributed by atoms with Crippen molar-refractivity contribution >= 4 is 10.9 Å². The predicted molar refractivity (Wildman–Crippen MR) is 82.2 cm³/mol. The van der Waals surface area contributed by atoms with Gasteiger partial charge < -0.3 is 5.32 Å². The molecule has 1 N–H and O–H groups in total. The number of para-hydroxylation sites is 1. The van der Waals surface area contributed by atoms with Gasteiger partial charge in [0.2, 0.25) is 0 Å². The van der Waals surface area contributed by atoms with Crippen LogP contribution in [-0.4, -0.2) is 11.5 Å². The van der Waals surface area contributed by atoms with E-state index in [2.05, 4.69) is 41.5 Å². The molecule has 0 saturated carbocycles. The van der Waals surface area contributed by atoms with E-state index >= 15 is 0 Å². The molecule has 1 aromatic heterocycles. The van der Waals surface area contributed by atoms with Gasteiger partial charge in [-0.3, -0.25) is 4.98 Å². The summed E-state index contributed by atoms with van der Waals surface area (Å²) in [6, 6.07) is 10.5. The molecule has 1 aromatic carbocycles. The molecule has 19 heavy (non-hydrogen) atoms. The molecule has 1 heterocycles. The Balaban J connectivity index is 1.78. The lowest BCUT2D eigenvalue weighted by Gasteiger charge is -2.07. The monoisotopic (exact) mass is 256 g/mol. The van der Waals surface area contributed by atoms with Gasteiger partial charge in [-0.1, -0.05) is 56.9 Å². The molecule has 0 saturated heterocycles. The standard InChI is InChI=1S/C17H24N2/c1-2-3-4-5-6-12-18-14-16-10-7-9-15-11-8-13-19-17(15)16/h7-11,13,18H,2-6,12,14H2,1H3. The van der Waals surface area contributed by atoms with Crippen molar-refractivity contribution in [1.82, 2.24) is 10.3 Å². The maximum Gasteiger partial charge on any atom is 0.0746 e. The lowest BCUT2D eigenvalue weighted by Crippen LogP contribution is -2.15. The summed E-state index contributed by atoms with van der Waals surface area (Å²) in [4.78, 5) is 4.48. The van der Waals surface area contributed by atoms with Crippen LogP contribution >= 0.6 is 0 Å². The Morgan fingerprint density at radius 3 is 2.74 bits per heavy atom. The summed E-state index contributed by atoms with van der Waals surface area (Å²) in [6.07, 6.45) is 8.54. The molecule has 0 fully saturated rings. The summed E-state index contributed by atoms with van der Waals surface area (Å²) in [7, 11) is 0. The molecule has 0 aliphatic heterocycles. The fourth-order valence-corrected chi connectivity index (χ4v) is 2.39. The minimum atomic E-state index is 0.919. The van der Waals surface area contributed by atoms with Gasteiger partial charge in [-0.25, -0.2) is 0 Å². The van der Waals surface area contributed by atoms with Gasteiger partial charge in [-0.15, -0.1) is 0 Å². The highest BCUT2D eigenvalue weighted by atomic mass is 14.8. The molecule has 0 aliphatic carbocycles. The number of nitrogens with one attached hydrogen (secondary N) is 1. The number of nitrogens with zero attached hydrogens (tertiary/aromatic N) is 1. The number of fused-ring (bicyclic) bond motifs is 1. The number of hydrogen-bond donors (Lipinski definition) is 1. The zero-order valence-electron chi connectivity index (χ0n) is 11.9. The lowest BCUT2D eigenvalue weighted by atomic mass is 10.1. The second-order valence-corrected chi connectivity index (χ2v) is 5.08. The van der Waals surface area contributed by atoms with Crippen LogP contribution in [0.3, 0.4) is 0 Å². The first-order valence-electron chi connectivity index (χ1n) is 7.45. The third kappa shape index (κ3) is 4.32. The van der Waals surface area contributed by atoms with Crippen LogP contribution in [-0.2, 0) is 6.54 Å². The molecule has 2 aromatic rings. The third-order valence-electron chi connectivity index (χ3n) is 3.49. The molecule has 102 valence electrons. The maximum absolute atomic E-state index is 4.48. The highest BCUT2D eigenvalue weighted by Crippen LogP contribution is 2.15. The van der Waals surface area contributed by atoms with Crippen LogP contribution in [0.15, 0.2) is 36.5 Å². The summed E-state index contributed by atoms with van der Waals surface area (Å²) in [5.74, 6) is 0. The zero-order chi connectivity index (χ0) is 13.3. The fourth-order valence-electron chi connectivity index (χ4n) is 2.39. The molecular formula is C17H24N2. The van der Waals surface area contributed by atoms with E-state index in [1.165, 1.54) is 43.1 Å². The van der Waals surface area contributed by atoms with Gasteiger partial charge in [0.1, 0.15) is 0 Å². The van der Waals surface area contributed by atoms with Gasteiger partial charge in [-0.2, -0.15) is 0 Å². The minimum absolute atomic E-state index is 0.919. The molecule has 0 amide bonds. The van der Waals surface area contributed by atoms with E-state index in [4.69, 9.17) is 0 Å². The van der Waals surface area contributed by atoms with Crippen LogP contribution in [0.25, 0.3) is 10.9 Å². The number of hydrogen-bond acceptors (Lipinski definition) is 2. The van der Waals surface area contributed by atoms with Gasteiger partial charge in [0, 0.05) is 18.1 Å². The average Bonchev–Trinajstić information content (AvgIpc) is 2.46. The molecule has 2 heteroatoms. The highest BCUT2D eigenvalue weighted by Gasteiger charge is 2.00. The smallest absolute Gasteiger partial charge is 0.0746 e. The third-order valence-corrected chi connectivity index (χ3v) is 3.49. The largest absolute Gasteiger partial charge is 0.313 e. The van der Waals surface area contributed by atoms with Gasteiger partial charge in [0.15, 0.2) is 0 Å². The summed E-state index contributed by atoms with van der Waals surface area (Å²) in [5.41, 5.74) is 2.43. The van der Waals surface area contributed by atoms with E-state index in [1.807, 2.05) is 12.3 Å². The van der Waals surface area contributed by atoms with E-state index in [1.54, 1.807) is 0 Å². The van der Waals surface area contributed by atoms with Gasteiger partial charge in [0.05, 0.1) is 5.52 Å². The summed E-state index contributed by atoms with van der Waals surface area (Å²) in [5, 5.41) is 4.76. The Kier molecular flexibility index (Phi) is 5.83. The van der Waals surface area contributed by atoms with Crippen molar-refractivity contribution in [3.63, 3.8) is 0 Å². The molecule has 0 atom stereocenters. The van der Waals surface area contributed by atoms with Crippen molar-refractivity contribution in [2.45, 2.75) is 45.6 Å². The number of rotatable bonds is 8. The summed E-state index contributed by atoms with van der Waals surface area (Å²) < 4.78 is 0. The van der Waals surface area contributed by atoms with Crippen LogP contribution in [0, 0.1) is 0 Å². The van der Waals surface area contributed by atoms with Crippen LogP contribution in [0.1, 0.15) is 44.6 Å². The van der Waals surface area contributed by atoms with Gasteiger partial charge in [0.25, 0.3) is 0 Å². The van der Waals surface area contributed by atoms with Crippen LogP contribution in [0.2, 0.25) is 0 Å². The predicted octanol–water partition coefficient (Wildman–Crippen LogP) is 4.29. The molecular weight excluding hydrogens is 232 g/mol. The number of aromatic nitrogens is 1. The zero-order valence-corrected chi connectivity index (χ0v) is 11.9. The van der Waals surface area contributed by atoms with Crippen molar-refractivity contribution in [2.75, 3.05) is 6.54 Å². The van der Waals surface area contributed by atoms with E-state index in [0.717, 1.165) is 18.6 Å². The number of pyridine rings is 1. The lowest BCUT2D eigenvalue weighted by molar-refractivity contribution is 0.584. The normalized spacial score (nSPS) is 11.0. The average molecular weight is 256 g/mol. The van der Waals surface area contributed by atoms with Crippen LogP contribution < -0.4 is 5.32 Å². The Morgan fingerprint density at radius 1 is 1.00 bits per heavy atom. The molecule has 0 aliphatic rings. The highest BCUT2D eigenvalue weighted by molar-refractivity contribution is 5.81. The van der Waals surface area contributed by atoms with E-state index < -0.39 is 0 Å². The Morgan fingerprint density at radius 2 is 1.84 bits per heavy atom. The first-order chi connectivity index (χ1) is 9.42. The number of unbranched alkanes of at least 4 members (excludes halogenated alkanes) is 4. The second-order valence-electron chi connectivity index (χ2n) is 5.08. The summed E-state index contributed by atoms with van der Waals surface area (Å²) >= 11 is 0. The van der Waals surface area contributed by atoms with Crippen molar-refractivity contribution in [2.24, 2.45) is 0 Å². The molecule has 2 rings (SSSR count). The first-order valence-corrected chi connectivity index (χ1v) is 7.45. The quantitative estimate of drug-likeness (QED) is 0.712. The van der Waals surface area contributed by atoms with Crippen molar-refractivity contribution in [3.8, 4) is 0 Å². The van der Waals surface area contributed by atoms with E-state index in [0.29, 0.717) is 0 Å². The fraction of sp³-hybridized carbons (Fsp3) is 0.471. The minimum Gasteiger partial charge on any atom is -0.313 e. The molecule has 0 bridgehead atoms. The Hall–Kier alpha value is -1.41. The van der Waals surface area contributed by atoms with Crippen molar-refractivity contribution in [3.05, 3.63) is 42.1 Å².